The number of nitro benzene ring substituents is 1. The van der Waals surface area contributed by atoms with Crippen molar-refractivity contribution >= 4 is 33.0 Å². The summed E-state index contributed by atoms with van der Waals surface area (Å²) in [6.07, 6.45) is 2.68. The highest BCUT2D eigenvalue weighted by Crippen LogP contribution is 2.27. The molecule has 1 amide bonds. The number of rotatable bonds is 7. The van der Waals surface area contributed by atoms with E-state index >= 15 is 0 Å². The summed E-state index contributed by atoms with van der Waals surface area (Å²) in [4.78, 5) is 23.5. The van der Waals surface area contributed by atoms with Crippen molar-refractivity contribution in [3.63, 3.8) is 0 Å². The van der Waals surface area contributed by atoms with Crippen molar-refractivity contribution in [1.29, 1.82) is 0 Å². The van der Waals surface area contributed by atoms with Crippen molar-refractivity contribution in [3.05, 3.63) is 58.1 Å². The van der Waals surface area contributed by atoms with E-state index in [9.17, 15) is 23.3 Å². The van der Waals surface area contributed by atoms with Gasteiger partial charge >= 0.3 is 0 Å². The third kappa shape index (κ3) is 4.77. The Kier molecular flexibility index (Phi) is 6.68. The first-order chi connectivity index (χ1) is 14.3. The fourth-order valence-electron chi connectivity index (χ4n) is 3.36. The molecule has 1 aliphatic heterocycles. The highest BCUT2D eigenvalue weighted by molar-refractivity contribution is 7.89. The molecule has 0 saturated carbocycles. The lowest BCUT2D eigenvalue weighted by molar-refractivity contribution is -0.384. The van der Waals surface area contributed by atoms with Crippen molar-refractivity contribution in [2.24, 2.45) is 0 Å². The molecule has 0 aromatic heterocycles. The van der Waals surface area contributed by atoms with E-state index in [1.807, 2.05) is 6.92 Å². The van der Waals surface area contributed by atoms with Crippen LogP contribution in [-0.2, 0) is 10.0 Å². The zero-order valence-corrected chi connectivity index (χ0v) is 17.4. The summed E-state index contributed by atoms with van der Waals surface area (Å²) in [6, 6.07) is 10.2. The molecule has 2 aromatic carbocycles. The number of sulfonamides is 1. The van der Waals surface area contributed by atoms with E-state index in [0.29, 0.717) is 31.0 Å². The lowest BCUT2D eigenvalue weighted by Gasteiger charge is -2.26. The molecule has 9 nitrogen and oxygen atoms in total. The SMILES string of the molecule is CCNc1ccc(C(=O)Nc2cccc(S(=O)(=O)N3CCCCC3)c2)cc1[N+](=O)[O-]. The van der Waals surface area contributed by atoms with Gasteiger partial charge in [-0.15, -0.1) is 0 Å². The molecule has 0 bridgehead atoms. The van der Waals surface area contributed by atoms with Crippen LogP contribution in [0.5, 0.6) is 0 Å². The highest BCUT2D eigenvalue weighted by atomic mass is 32.2. The normalized spacial score (nSPS) is 14.8. The maximum atomic E-state index is 12.8. The molecule has 1 heterocycles. The van der Waals surface area contributed by atoms with Gasteiger partial charge in [-0.05, 0) is 50.1 Å². The van der Waals surface area contributed by atoms with E-state index in [2.05, 4.69) is 10.6 Å². The average Bonchev–Trinajstić information content (AvgIpc) is 2.75. The second kappa shape index (κ2) is 9.23. The monoisotopic (exact) mass is 432 g/mol. The van der Waals surface area contributed by atoms with Gasteiger partial charge in [-0.1, -0.05) is 12.5 Å². The molecule has 30 heavy (non-hydrogen) atoms. The van der Waals surface area contributed by atoms with Crippen LogP contribution in [0.25, 0.3) is 0 Å². The molecular weight excluding hydrogens is 408 g/mol. The zero-order chi connectivity index (χ0) is 21.7. The smallest absolute Gasteiger partial charge is 0.293 e. The van der Waals surface area contributed by atoms with Gasteiger partial charge in [-0.3, -0.25) is 14.9 Å². The van der Waals surface area contributed by atoms with E-state index < -0.39 is 20.9 Å². The molecule has 2 aromatic rings. The number of hydrogen-bond acceptors (Lipinski definition) is 6. The molecule has 3 rings (SSSR count). The highest BCUT2D eigenvalue weighted by Gasteiger charge is 2.26. The van der Waals surface area contributed by atoms with E-state index in [0.717, 1.165) is 19.3 Å². The van der Waals surface area contributed by atoms with Crippen LogP contribution < -0.4 is 10.6 Å². The molecule has 0 unspecified atom stereocenters. The Balaban J connectivity index is 1.82. The summed E-state index contributed by atoms with van der Waals surface area (Å²) in [5.74, 6) is -0.561. The number of benzene rings is 2. The maximum Gasteiger partial charge on any atom is 0.293 e. The number of piperidine rings is 1. The molecule has 10 heteroatoms. The molecule has 0 radical (unpaired) electrons. The maximum absolute atomic E-state index is 12.8. The van der Waals surface area contributed by atoms with Crippen molar-refractivity contribution in [2.75, 3.05) is 30.3 Å². The first-order valence-electron chi connectivity index (χ1n) is 9.77. The Bertz CT molecular complexity index is 1050. The summed E-state index contributed by atoms with van der Waals surface area (Å²) < 4.78 is 27.1. The number of amides is 1. The molecular formula is C20H24N4O5S. The van der Waals surface area contributed by atoms with Gasteiger partial charge in [0.05, 0.1) is 9.82 Å². The molecule has 0 atom stereocenters. The van der Waals surface area contributed by atoms with Crippen LogP contribution in [0.4, 0.5) is 17.1 Å². The summed E-state index contributed by atoms with van der Waals surface area (Å²) in [5, 5.41) is 16.8. The molecule has 160 valence electrons. The van der Waals surface area contributed by atoms with Crippen LogP contribution in [0.15, 0.2) is 47.4 Å². The second-order valence-electron chi connectivity index (χ2n) is 6.97. The first-order valence-corrected chi connectivity index (χ1v) is 11.2. The lowest BCUT2D eigenvalue weighted by Crippen LogP contribution is -2.35. The van der Waals surface area contributed by atoms with Crippen LogP contribution in [0.3, 0.4) is 0 Å². The topological polar surface area (TPSA) is 122 Å². The van der Waals surface area contributed by atoms with E-state index in [-0.39, 0.29) is 16.1 Å². The van der Waals surface area contributed by atoms with Gasteiger partial charge in [0.2, 0.25) is 10.0 Å². The van der Waals surface area contributed by atoms with Crippen molar-refractivity contribution in [2.45, 2.75) is 31.1 Å². The van der Waals surface area contributed by atoms with E-state index in [1.54, 1.807) is 12.1 Å². The molecule has 0 spiro atoms. The molecule has 0 aliphatic carbocycles. The summed E-state index contributed by atoms with van der Waals surface area (Å²) >= 11 is 0. The Morgan fingerprint density at radius 3 is 2.53 bits per heavy atom. The summed E-state index contributed by atoms with van der Waals surface area (Å²) in [5.41, 5.74) is 0.531. The minimum atomic E-state index is -3.63. The van der Waals surface area contributed by atoms with Crippen molar-refractivity contribution in [3.8, 4) is 0 Å². The number of carbonyl (C=O) groups is 1. The third-order valence-electron chi connectivity index (χ3n) is 4.87. The average molecular weight is 433 g/mol. The Morgan fingerprint density at radius 2 is 1.87 bits per heavy atom. The number of carbonyl (C=O) groups excluding carboxylic acids is 1. The van der Waals surface area contributed by atoms with Crippen LogP contribution in [0, 0.1) is 10.1 Å². The Hall–Kier alpha value is -2.98. The number of anilines is 2. The quantitative estimate of drug-likeness (QED) is 0.510. The molecule has 2 N–H and O–H groups in total. The van der Waals surface area contributed by atoms with Crippen molar-refractivity contribution in [1.82, 2.24) is 4.31 Å². The lowest BCUT2D eigenvalue weighted by atomic mass is 10.1. The minimum Gasteiger partial charge on any atom is -0.380 e. The predicted octanol–water partition coefficient (Wildman–Crippen LogP) is 3.45. The largest absolute Gasteiger partial charge is 0.380 e. The third-order valence-corrected chi connectivity index (χ3v) is 6.76. The number of nitrogens with zero attached hydrogens (tertiary/aromatic N) is 2. The van der Waals surface area contributed by atoms with E-state index in [4.69, 9.17) is 0 Å². The number of nitro groups is 1. The Labute approximate surface area is 175 Å². The van der Waals surface area contributed by atoms with Crippen LogP contribution in [0.1, 0.15) is 36.5 Å². The zero-order valence-electron chi connectivity index (χ0n) is 16.6. The number of hydrogen-bond donors (Lipinski definition) is 2. The van der Waals surface area contributed by atoms with Gasteiger partial charge in [0.1, 0.15) is 5.69 Å². The van der Waals surface area contributed by atoms with Gasteiger partial charge < -0.3 is 10.6 Å². The fraction of sp³-hybridized carbons (Fsp3) is 0.350. The van der Waals surface area contributed by atoms with Gasteiger partial charge in [0, 0.05) is 37.0 Å². The fourth-order valence-corrected chi connectivity index (χ4v) is 4.92. The van der Waals surface area contributed by atoms with Gasteiger partial charge in [-0.25, -0.2) is 8.42 Å². The van der Waals surface area contributed by atoms with Crippen LogP contribution in [0.2, 0.25) is 0 Å². The molecule has 1 saturated heterocycles. The standard InChI is InChI=1S/C20H24N4O5S/c1-2-21-18-10-9-15(13-19(18)24(26)27)20(25)22-16-7-6-8-17(14-16)30(28,29)23-11-4-3-5-12-23/h6-10,13-14,21H,2-5,11-12H2,1H3,(H,22,25). The van der Waals surface area contributed by atoms with Gasteiger partial charge in [0.25, 0.3) is 11.6 Å². The second-order valence-corrected chi connectivity index (χ2v) is 8.90. The predicted molar refractivity (Wildman–Crippen MR) is 114 cm³/mol. The first kappa shape index (κ1) is 21.7. The van der Waals surface area contributed by atoms with Gasteiger partial charge in [0.15, 0.2) is 0 Å². The van der Waals surface area contributed by atoms with E-state index in [1.165, 1.54) is 34.6 Å². The Morgan fingerprint density at radius 1 is 1.13 bits per heavy atom. The summed E-state index contributed by atoms with van der Waals surface area (Å²) in [6.45, 7) is 3.29. The van der Waals surface area contributed by atoms with Crippen LogP contribution in [-0.4, -0.2) is 43.2 Å². The molecule has 1 fully saturated rings. The minimum absolute atomic E-state index is 0.104. The molecule has 1 aliphatic rings. The van der Waals surface area contributed by atoms with Crippen LogP contribution >= 0.6 is 0 Å². The van der Waals surface area contributed by atoms with Crippen molar-refractivity contribution < 1.29 is 18.1 Å². The summed E-state index contributed by atoms with van der Waals surface area (Å²) in [7, 11) is -3.63. The van der Waals surface area contributed by atoms with Gasteiger partial charge in [-0.2, -0.15) is 4.31 Å². The number of nitrogens with one attached hydrogen (secondary N) is 2.